The van der Waals surface area contributed by atoms with Crippen LogP contribution in [0, 0.1) is 5.82 Å². The highest BCUT2D eigenvalue weighted by Crippen LogP contribution is 2.31. The first-order chi connectivity index (χ1) is 19.6. The molecule has 8 nitrogen and oxygen atoms in total. The second kappa shape index (κ2) is 11.0. The van der Waals surface area contributed by atoms with Crippen molar-refractivity contribution in [2.24, 2.45) is 0 Å². The van der Waals surface area contributed by atoms with E-state index in [1.807, 2.05) is 29.2 Å². The molecule has 0 aliphatic carbocycles. The van der Waals surface area contributed by atoms with E-state index in [1.54, 1.807) is 12.3 Å². The summed E-state index contributed by atoms with van der Waals surface area (Å²) in [6.07, 6.45) is 6.65. The largest absolute Gasteiger partial charge is 0.489 e. The lowest BCUT2D eigenvalue weighted by molar-refractivity contribution is 0.0674. The summed E-state index contributed by atoms with van der Waals surface area (Å²) in [5.74, 6) is 1.61. The minimum absolute atomic E-state index is 0.0597. The summed E-state index contributed by atoms with van der Waals surface area (Å²) in [5.41, 5.74) is 3.17. The summed E-state index contributed by atoms with van der Waals surface area (Å²) in [4.78, 5) is 26.4. The molecule has 4 aliphatic heterocycles. The van der Waals surface area contributed by atoms with E-state index < -0.39 is 0 Å². The number of halogens is 1. The predicted octanol–water partition coefficient (Wildman–Crippen LogP) is 4.02. The number of carbonyl (C=O) groups excluding carboxylic acids is 1. The van der Waals surface area contributed by atoms with Crippen molar-refractivity contribution in [1.29, 1.82) is 0 Å². The molecule has 3 aromatic rings. The van der Waals surface area contributed by atoms with Gasteiger partial charge in [-0.25, -0.2) is 14.4 Å². The van der Waals surface area contributed by atoms with E-state index in [0.29, 0.717) is 31.8 Å². The molecular formula is C31H36FN5O3. The van der Waals surface area contributed by atoms with E-state index in [2.05, 4.69) is 20.2 Å². The van der Waals surface area contributed by atoms with Gasteiger partial charge in [-0.3, -0.25) is 9.69 Å². The number of carbonyl (C=O) groups is 1. The second-order valence-electron chi connectivity index (χ2n) is 11.6. The van der Waals surface area contributed by atoms with E-state index in [4.69, 9.17) is 9.47 Å². The normalized spacial score (nSPS) is 24.1. The molecule has 9 heteroatoms. The number of ether oxygens (including phenoxy) is 2. The summed E-state index contributed by atoms with van der Waals surface area (Å²) in [6, 6.07) is 9.77. The standard InChI is InChI=1S/C31H36FN5O3/c32-28-13-20(12-22-15-34-30(35-29(22)28)21-6-10-39-11-7-21)17-36-9-5-26(19-36)40-25-3-4-27-23(14-25)18-37(31(27)38)24-2-1-8-33-16-24/h3-4,12-15,21,24,26,33H,1-2,5-11,16-19H2/t24-,26-/m0/s1. The maximum atomic E-state index is 15.1. The fourth-order valence-electron chi connectivity index (χ4n) is 6.69. The second-order valence-corrected chi connectivity index (χ2v) is 11.6. The zero-order chi connectivity index (χ0) is 27.1. The van der Waals surface area contributed by atoms with Gasteiger partial charge in [0.25, 0.3) is 5.91 Å². The summed E-state index contributed by atoms with van der Waals surface area (Å²) < 4.78 is 26.9. The first kappa shape index (κ1) is 25.8. The van der Waals surface area contributed by atoms with Crippen molar-refractivity contribution in [3.8, 4) is 5.75 Å². The SMILES string of the molecule is O=C1c2ccc(O[C@H]3CCN(Cc4cc(F)c5nc(C6CCOCC6)ncc5c4)C3)cc2CN1[C@H]1CCCNC1. The third kappa shape index (κ3) is 5.18. The molecule has 4 aliphatic rings. The lowest BCUT2D eigenvalue weighted by atomic mass is 9.99. The molecule has 0 bridgehead atoms. The summed E-state index contributed by atoms with van der Waals surface area (Å²) >= 11 is 0. The molecule has 3 saturated heterocycles. The quantitative estimate of drug-likeness (QED) is 0.501. The van der Waals surface area contributed by atoms with Gasteiger partial charge in [-0.15, -0.1) is 0 Å². The van der Waals surface area contributed by atoms with Gasteiger partial charge in [0, 0.05) is 75.0 Å². The minimum atomic E-state index is -0.291. The molecule has 210 valence electrons. The third-order valence-corrected chi connectivity index (χ3v) is 8.86. The number of benzene rings is 2. The molecule has 0 radical (unpaired) electrons. The molecule has 3 fully saturated rings. The lowest BCUT2D eigenvalue weighted by Crippen LogP contribution is -2.46. The number of aromatic nitrogens is 2. The topological polar surface area (TPSA) is 79.8 Å². The van der Waals surface area contributed by atoms with Gasteiger partial charge < -0.3 is 19.7 Å². The maximum absolute atomic E-state index is 15.1. The van der Waals surface area contributed by atoms with Gasteiger partial charge in [-0.05, 0) is 80.1 Å². The van der Waals surface area contributed by atoms with Gasteiger partial charge >= 0.3 is 0 Å². The minimum Gasteiger partial charge on any atom is -0.489 e. The van der Waals surface area contributed by atoms with Gasteiger partial charge in [0.2, 0.25) is 0 Å². The molecule has 2 atom stereocenters. The number of hydrogen-bond donors (Lipinski definition) is 1. The Kier molecular flexibility index (Phi) is 7.11. The average molecular weight is 546 g/mol. The molecule has 40 heavy (non-hydrogen) atoms. The first-order valence-electron chi connectivity index (χ1n) is 14.7. The van der Waals surface area contributed by atoms with Gasteiger partial charge in [-0.2, -0.15) is 0 Å². The molecule has 0 spiro atoms. The zero-order valence-corrected chi connectivity index (χ0v) is 22.8. The van der Waals surface area contributed by atoms with E-state index in [1.165, 1.54) is 0 Å². The molecule has 0 unspecified atom stereocenters. The van der Waals surface area contributed by atoms with Crippen molar-refractivity contribution in [1.82, 2.24) is 25.1 Å². The van der Waals surface area contributed by atoms with Crippen LogP contribution in [-0.4, -0.2) is 77.2 Å². The number of rotatable bonds is 6. The van der Waals surface area contributed by atoms with E-state index in [-0.39, 0.29) is 29.8 Å². The van der Waals surface area contributed by atoms with Crippen LogP contribution in [0.4, 0.5) is 4.39 Å². The number of hydrogen-bond acceptors (Lipinski definition) is 7. The number of likely N-dealkylation sites (tertiary alicyclic amines) is 1. The highest BCUT2D eigenvalue weighted by Gasteiger charge is 2.34. The van der Waals surface area contributed by atoms with Crippen LogP contribution >= 0.6 is 0 Å². The van der Waals surface area contributed by atoms with Crippen LogP contribution in [-0.2, 0) is 17.8 Å². The molecule has 0 saturated carbocycles. The Bertz CT molecular complexity index is 1410. The Balaban J connectivity index is 0.977. The fourth-order valence-corrected chi connectivity index (χ4v) is 6.69. The molecular weight excluding hydrogens is 509 g/mol. The van der Waals surface area contributed by atoms with Gasteiger partial charge in [0.05, 0.1) is 0 Å². The number of piperidine rings is 1. The van der Waals surface area contributed by atoms with Crippen LogP contribution < -0.4 is 10.1 Å². The first-order valence-corrected chi connectivity index (χ1v) is 14.7. The predicted molar refractivity (Wildman–Crippen MR) is 149 cm³/mol. The van der Waals surface area contributed by atoms with Crippen molar-refractivity contribution in [3.05, 3.63) is 64.9 Å². The molecule has 2 aromatic carbocycles. The van der Waals surface area contributed by atoms with Crippen molar-refractivity contribution >= 4 is 16.8 Å². The molecule has 1 aromatic heterocycles. The number of amides is 1. The Labute approximate surface area is 233 Å². The average Bonchev–Trinajstić information content (AvgIpc) is 3.56. The smallest absolute Gasteiger partial charge is 0.254 e. The molecule has 7 rings (SSSR count). The Morgan fingerprint density at radius 3 is 2.88 bits per heavy atom. The Hall–Kier alpha value is -3.14. The van der Waals surface area contributed by atoms with Crippen molar-refractivity contribution in [2.75, 3.05) is 39.4 Å². The van der Waals surface area contributed by atoms with Crippen LogP contribution in [0.1, 0.15) is 65.3 Å². The van der Waals surface area contributed by atoms with Crippen LogP contribution in [0.5, 0.6) is 5.75 Å². The Morgan fingerprint density at radius 2 is 2.02 bits per heavy atom. The van der Waals surface area contributed by atoms with Crippen LogP contribution in [0.15, 0.2) is 36.5 Å². The highest BCUT2D eigenvalue weighted by molar-refractivity contribution is 5.98. The molecule has 1 amide bonds. The monoisotopic (exact) mass is 545 g/mol. The summed E-state index contributed by atoms with van der Waals surface area (Å²) in [6.45, 7) is 6.27. The Morgan fingerprint density at radius 1 is 1.12 bits per heavy atom. The van der Waals surface area contributed by atoms with E-state index in [0.717, 1.165) is 91.9 Å². The third-order valence-electron chi connectivity index (χ3n) is 8.86. The summed E-state index contributed by atoms with van der Waals surface area (Å²) in [5, 5.41) is 4.15. The number of fused-ring (bicyclic) bond motifs is 2. The van der Waals surface area contributed by atoms with Crippen molar-refractivity contribution < 1.29 is 18.7 Å². The fraction of sp³-hybridized carbons (Fsp3) is 0.516. The highest BCUT2D eigenvalue weighted by atomic mass is 19.1. The van der Waals surface area contributed by atoms with E-state index in [9.17, 15) is 4.79 Å². The molecule has 5 heterocycles. The maximum Gasteiger partial charge on any atom is 0.254 e. The van der Waals surface area contributed by atoms with Crippen molar-refractivity contribution in [2.45, 2.75) is 63.3 Å². The van der Waals surface area contributed by atoms with Crippen LogP contribution in [0.25, 0.3) is 10.9 Å². The van der Waals surface area contributed by atoms with Gasteiger partial charge in [-0.1, -0.05) is 0 Å². The number of nitrogens with zero attached hydrogens (tertiary/aromatic N) is 4. The zero-order valence-electron chi connectivity index (χ0n) is 22.8. The number of nitrogens with one attached hydrogen (secondary N) is 1. The summed E-state index contributed by atoms with van der Waals surface area (Å²) in [7, 11) is 0. The lowest BCUT2D eigenvalue weighted by Gasteiger charge is -2.31. The van der Waals surface area contributed by atoms with Crippen LogP contribution in [0.3, 0.4) is 0 Å². The molecule has 1 N–H and O–H groups in total. The van der Waals surface area contributed by atoms with Crippen LogP contribution in [0.2, 0.25) is 0 Å². The van der Waals surface area contributed by atoms with Gasteiger partial charge in [0.15, 0.2) is 0 Å². The van der Waals surface area contributed by atoms with Gasteiger partial charge in [0.1, 0.15) is 29.0 Å². The van der Waals surface area contributed by atoms with Crippen molar-refractivity contribution in [3.63, 3.8) is 0 Å². The van der Waals surface area contributed by atoms with E-state index >= 15 is 4.39 Å².